The van der Waals surface area contributed by atoms with Crippen LogP contribution in [0.3, 0.4) is 0 Å². The molecule has 0 aliphatic carbocycles. The van der Waals surface area contributed by atoms with Crippen LogP contribution in [0.25, 0.3) is 10.8 Å². The van der Waals surface area contributed by atoms with E-state index in [2.05, 4.69) is 87.6 Å². The summed E-state index contributed by atoms with van der Waals surface area (Å²) in [6, 6.07) is 25.1. The van der Waals surface area contributed by atoms with Crippen molar-refractivity contribution in [2.75, 3.05) is 0 Å². The highest BCUT2D eigenvalue weighted by atomic mass is 16.2. The fourth-order valence-electron chi connectivity index (χ4n) is 3.49. The van der Waals surface area contributed by atoms with E-state index in [0.717, 1.165) is 25.7 Å². The first-order valence-electron chi connectivity index (χ1n) is 18.5. The van der Waals surface area contributed by atoms with Crippen LogP contribution in [0.2, 0.25) is 0 Å². The zero-order valence-corrected chi connectivity index (χ0v) is 33.9. The Morgan fingerprint density at radius 1 is 0.620 bits per heavy atom. The molecule has 0 aliphatic heterocycles. The number of carbonyl (C=O) groups excluding carboxylic acids is 4. The summed E-state index contributed by atoms with van der Waals surface area (Å²) in [5, 5.41) is 5.65. The van der Waals surface area contributed by atoms with Gasteiger partial charge in [0.15, 0.2) is 0 Å². The highest BCUT2D eigenvalue weighted by Crippen LogP contribution is 2.16. The molecule has 1 amide bonds. The molecule has 0 aromatic heterocycles. The van der Waals surface area contributed by atoms with E-state index in [9.17, 15) is 19.2 Å². The van der Waals surface area contributed by atoms with Crippen LogP contribution in [-0.2, 0) is 19.2 Å². The zero-order chi connectivity index (χ0) is 38.7. The summed E-state index contributed by atoms with van der Waals surface area (Å²) >= 11 is 0. The molecule has 5 nitrogen and oxygen atoms in total. The van der Waals surface area contributed by atoms with E-state index < -0.39 is 0 Å². The monoisotopic (exact) mass is 696 g/mol. The Hall–Kier alpha value is -3.60. The molecule has 3 aromatic carbocycles. The fourth-order valence-corrected chi connectivity index (χ4v) is 3.49. The van der Waals surface area contributed by atoms with Crippen LogP contribution in [0, 0.1) is 13.8 Å². The second-order valence-electron chi connectivity index (χ2n) is 11.9. The molecule has 0 radical (unpaired) electrons. The van der Waals surface area contributed by atoms with Gasteiger partial charge < -0.3 is 14.9 Å². The Labute approximate surface area is 309 Å². The molecule has 0 aliphatic rings. The molecular formula is C45H77NO4. The van der Waals surface area contributed by atoms with Gasteiger partial charge >= 0.3 is 0 Å². The molecule has 0 spiro atoms. The van der Waals surface area contributed by atoms with Crippen molar-refractivity contribution in [2.24, 2.45) is 0 Å². The third-order valence-electron chi connectivity index (χ3n) is 6.85. The number of fused-ring (bicyclic) bond motifs is 1. The lowest BCUT2D eigenvalue weighted by atomic mass is 10.0. The third-order valence-corrected chi connectivity index (χ3v) is 6.85. The van der Waals surface area contributed by atoms with Crippen molar-refractivity contribution >= 4 is 34.0 Å². The normalized spacial score (nSPS) is 9.08. The largest absolute Gasteiger partial charge is 0.351 e. The summed E-state index contributed by atoms with van der Waals surface area (Å²) in [7, 11) is 0. The van der Waals surface area contributed by atoms with Gasteiger partial charge in [0.25, 0.3) is 0 Å². The maximum atomic E-state index is 11.1. The Bertz CT molecular complexity index is 1230. The smallest absolute Gasteiger partial charge is 0.220 e. The predicted octanol–water partition coefficient (Wildman–Crippen LogP) is 13.0. The van der Waals surface area contributed by atoms with Crippen molar-refractivity contribution in [1.82, 2.24) is 5.32 Å². The Balaban J connectivity index is -0.000000167. The van der Waals surface area contributed by atoms with Gasteiger partial charge in [-0.15, -0.1) is 0 Å². The van der Waals surface area contributed by atoms with Crippen molar-refractivity contribution < 1.29 is 19.2 Å². The van der Waals surface area contributed by atoms with Gasteiger partial charge in [-0.05, 0) is 77.1 Å². The van der Waals surface area contributed by atoms with E-state index in [1.165, 1.54) is 28.8 Å². The van der Waals surface area contributed by atoms with Crippen LogP contribution in [0.1, 0.15) is 159 Å². The van der Waals surface area contributed by atoms with Gasteiger partial charge in [-0.3, -0.25) is 9.59 Å². The lowest BCUT2D eigenvalue weighted by Gasteiger charge is -2.24. The van der Waals surface area contributed by atoms with E-state index in [1.807, 2.05) is 73.6 Å². The van der Waals surface area contributed by atoms with Crippen molar-refractivity contribution in [3.8, 4) is 0 Å². The van der Waals surface area contributed by atoms with Gasteiger partial charge in [-0.1, -0.05) is 148 Å². The molecule has 5 heteroatoms. The standard InChI is InChI=1S/C11H10.C9H19NO.C9H16O2.C7H8.C4H8O.2C2H6.CH4/c1-9-5-4-7-10-6-2-3-8-11(9)10;1-5-7-8(11)10-9(3,4)6-2;1-3-4-5-9(11)7-6-8(2)10;1-7-5-3-2-4-6-7;1-3-4(2)5;2*1-2;/h2-8H,1H3;5-7H2,1-4H3,(H,10,11);3-7H2,1-2H3;2-6H,1H3;3H2,1-2H3;2*1-2H3;1H4. The maximum Gasteiger partial charge on any atom is 0.220 e. The molecular weight excluding hydrogens is 618 g/mol. The number of aryl methyl sites for hydroxylation is 2. The van der Waals surface area contributed by atoms with Crippen LogP contribution in [0.5, 0.6) is 0 Å². The number of amides is 1. The summed E-state index contributed by atoms with van der Waals surface area (Å²) in [6.07, 6.45) is 6.71. The van der Waals surface area contributed by atoms with Crippen molar-refractivity contribution in [2.45, 2.75) is 168 Å². The van der Waals surface area contributed by atoms with E-state index in [0.29, 0.717) is 32.1 Å². The molecule has 3 aromatic rings. The minimum Gasteiger partial charge on any atom is -0.351 e. The molecule has 1 N–H and O–H groups in total. The highest BCUT2D eigenvalue weighted by molar-refractivity contribution is 5.85. The predicted molar refractivity (Wildman–Crippen MR) is 222 cm³/mol. The van der Waals surface area contributed by atoms with Gasteiger partial charge in [0.1, 0.15) is 17.3 Å². The molecule has 3 rings (SSSR count). The van der Waals surface area contributed by atoms with Crippen LogP contribution in [-0.4, -0.2) is 28.8 Å². The zero-order valence-electron chi connectivity index (χ0n) is 33.9. The van der Waals surface area contributed by atoms with Gasteiger partial charge in [0, 0.05) is 37.6 Å². The van der Waals surface area contributed by atoms with Gasteiger partial charge in [-0.25, -0.2) is 0 Å². The quantitative estimate of drug-likeness (QED) is 0.216. The Morgan fingerprint density at radius 2 is 1.12 bits per heavy atom. The molecule has 0 unspecified atom stereocenters. The first-order valence-corrected chi connectivity index (χ1v) is 18.5. The number of carbonyl (C=O) groups is 4. The summed E-state index contributed by atoms with van der Waals surface area (Å²) in [6.45, 7) is 27.4. The second kappa shape index (κ2) is 38.2. The van der Waals surface area contributed by atoms with Crippen molar-refractivity contribution in [1.29, 1.82) is 0 Å². The van der Waals surface area contributed by atoms with Crippen LogP contribution in [0.15, 0.2) is 72.8 Å². The first kappa shape index (κ1) is 55.8. The fraction of sp³-hybridized carbons (Fsp3) is 0.556. The van der Waals surface area contributed by atoms with E-state index in [4.69, 9.17) is 0 Å². The molecule has 0 fully saturated rings. The minimum atomic E-state index is -0.0355. The number of unbranched alkanes of at least 4 members (excludes halogenated alkanes) is 1. The summed E-state index contributed by atoms with van der Waals surface area (Å²) in [5.41, 5.74) is 2.64. The van der Waals surface area contributed by atoms with Gasteiger partial charge in [0.2, 0.25) is 5.91 Å². The molecule has 50 heavy (non-hydrogen) atoms. The number of ketones is 3. The molecule has 0 bridgehead atoms. The molecule has 0 saturated carbocycles. The molecule has 286 valence electrons. The summed E-state index contributed by atoms with van der Waals surface area (Å²) in [5.74, 6) is 0.751. The summed E-state index contributed by atoms with van der Waals surface area (Å²) in [4.78, 5) is 42.3. The van der Waals surface area contributed by atoms with Crippen LogP contribution in [0.4, 0.5) is 0 Å². The average Bonchev–Trinajstić information content (AvgIpc) is 3.10. The topological polar surface area (TPSA) is 80.3 Å². The van der Waals surface area contributed by atoms with Crippen LogP contribution >= 0.6 is 0 Å². The lowest BCUT2D eigenvalue weighted by Crippen LogP contribution is -2.42. The highest BCUT2D eigenvalue weighted by Gasteiger charge is 2.16. The minimum absolute atomic E-state index is 0. The molecule has 0 saturated heterocycles. The van der Waals surface area contributed by atoms with Crippen LogP contribution < -0.4 is 5.32 Å². The second-order valence-corrected chi connectivity index (χ2v) is 11.9. The Kier molecular flexibility index (Phi) is 42.6. The van der Waals surface area contributed by atoms with E-state index >= 15 is 0 Å². The SMILES string of the molecule is C.CC.CC.CCC(C)=O.CCCC(=O)NC(C)(C)CC.CCCCC(=O)CCC(C)=O.Cc1cccc2ccccc12.Cc1ccccc1. The number of nitrogens with one attached hydrogen (secondary N) is 1. The number of benzene rings is 3. The number of hydrogen-bond donors (Lipinski definition) is 1. The van der Waals surface area contributed by atoms with E-state index in [-0.39, 0.29) is 36.2 Å². The first-order chi connectivity index (χ1) is 23.2. The number of rotatable bonds is 11. The molecule has 0 atom stereocenters. The lowest BCUT2D eigenvalue weighted by molar-refractivity contribution is -0.123. The van der Waals surface area contributed by atoms with Crippen molar-refractivity contribution in [3.63, 3.8) is 0 Å². The van der Waals surface area contributed by atoms with E-state index in [1.54, 1.807) is 6.92 Å². The van der Waals surface area contributed by atoms with Gasteiger partial charge in [-0.2, -0.15) is 0 Å². The average molecular weight is 696 g/mol. The maximum absolute atomic E-state index is 11.1. The number of hydrogen-bond acceptors (Lipinski definition) is 4. The van der Waals surface area contributed by atoms with Gasteiger partial charge in [0.05, 0.1) is 0 Å². The molecule has 0 heterocycles. The van der Waals surface area contributed by atoms with Crippen molar-refractivity contribution in [3.05, 3.63) is 83.9 Å². The summed E-state index contributed by atoms with van der Waals surface area (Å²) < 4.78 is 0. The third kappa shape index (κ3) is 37.2. The number of Topliss-reactive ketones (excluding diaryl/α,β-unsaturated/α-hetero) is 3. The Morgan fingerprint density at radius 3 is 1.52 bits per heavy atom.